The van der Waals surface area contributed by atoms with Crippen LogP contribution in [0.2, 0.25) is 0 Å². The quantitative estimate of drug-likeness (QED) is 0.723. The highest BCUT2D eigenvalue weighted by Crippen LogP contribution is 2.27. The molecule has 0 aliphatic heterocycles. The van der Waals surface area contributed by atoms with Gasteiger partial charge in [0.15, 0.2) is 0 Å². The van der Waals surface area contributed by atoms with E-state index in [0.29, 0.717) is 6.42 Å². The monoisotopic (exact) mass is 252 g/mol. The van der Waals surface area contributed by atoms with Crippen LogP contribution in [0.1, 0.15) is 32.1 Å². The van der Waals surface area contributed by atoms with E-state index in [2.05, 4.69) is 0 Å². The van der Waals surface area contributed by atoms with Gasteiger partial charge in [0.25, 0.3) is 0 Å². The maximum atomic E-state index is 12.4. The van der Waals surface area contributed by atoms with Gasteiger partial charge in [0.05, 0.1) is 5.92 Å². The molecule has 2 atom stereocenters. The molecule has 5 heteroatoms. The van der Waals surface area contributed by atoms with Gasteiger partial charge in [-0.25, -0.2) is 0 Å². The number of carboxylic acid groups (broad SMARTS) is 1. The summed E-state index contributed by atoms with van der Waals surface area (Å²) >= 11 is 0. The van der Waals surface area contributed by atoms with Gasteiger partial charge in [0, 0.05) is 12.1 Å². The molecule has 100 valence electrons. The Hall–Kier alpha value is -1.36. The van der Waals surface area contributed by atoms with Gasteiger partial charge in [-0.05, 0) is 19.3 Å². The van der Waals surface area contributed by atoms with Crippen molar-refractivity contribution in [1.29, 1.82) is 0 Å². The first-order valence-electron chi connectivity index (χ1n) is 6.54. The molecular weight excluding hydrogens is 232 g/mol. The van der Waals surface area contributed by atoms with E-state index in [0.717, 1.165) is 25.7 Å². The summed E-state index contributed by atoms with van der Waals surface area (Å²) in [6, 6.07) is 0.0213. The first-order chi connectivity index (χ1) is 8.58. The van der Waals surface area contributed by atoms with Crippen LogP contribution < -0.4 is 5.73 Å². The summed E-state index contributed by atoms with van der Waals surface area (Å²) in [7, 11) is 0. The third-order valence-electron chi connectivity index (χ3n) is 3.79. The summed E-state index contributed by atoms with van der Waals surface area (Å²) in [5.74, 6) is -1.25. The van der Waals surface area contributed by atoms with Crippen molar-refractivity contribution in [1.82, 2.24) is 4.90 Å². The molecule has 2 aliphatic carbocycles. The number of nitrogens with two attached hydrogens (primary N) is 1. The minimum atomic E-state index is -0.943. The van der Waals surface area contributed by atoms with E-state index >= 15 is 0 Å². The maximum Gasteiger partial charge on any atom is 0.323 e. The van der Waals surface area contributed by atoms with Gasteiger partial charge < -0.3 is 15.7 Å². The SMILES string of the molecule is NC1C=CC(C(=O)N(CC(=O)O)C2CCCC2)C1. The van der Waals surface area contributed by atoms with E-state index in [-0.39, 0.29) is 30.5 Å². The molecule has 5 nitrogen and oxygen atoms in total. The van der Waals surface area contributed by atoms with Crippen molar-refractivity contribution in [3.8, 4) is 0 Å². The normalized spacial score (nSPS) is 27.6. The van der Waals surface area contributed by atoms with Crippen LogP contribution in [0.15, 0.2) is 12.2 Å². The van der Waals surface area contributed by atoms with Crippen LogP contribution in [0.5, 0.6) is 0 Å². The van der Waals surface area contributed by atoms with Gasteiger partial charge in [-0.3, -0.25) is 9.59 Å². The van der Waals surface area contributed by atoms with Crippen molar-refractivity contribution in [2.45, 2.75) is 44.2 Å². The third kappa shape index (κ3) is 2.90. The number of carbonyl (C=O) groups is 2. The van der Waals surface area contributed by atoms with Crippen molar-refractivity contribution < 1.29 is 14.7 Å². The zero-order valence-electron chi connectivity index (χ0n) is 10.4. The van der Waals surface area contributed by atoms with E-state index in [4.69, 9.17) is 10.8 Å². The lowest BCUT2D eigenvalue weighted by Crippen LogP contribution is -2.45. The number of hydrogen-bond acceptors (Lipinski definition) is 3. The van der Waals surface area contributed by atoms with Gasteiger partial charge in [-0.15, -0.1) is 0 Å². The Bertz CT molecular complexity index is 361. The van der Waals surface area contributed by atoms with E-state index in [1.807, 2.05) is 12.2 Å². The average Bonchev–Trinajstić information content (AvgIpc) is 2.95. The van der Waals surface area contributed by atoms with Crippen molar-refractivity contribution in [2.24, 2.45) is 11.7 Å². The Morgan fingerprint density at radius 1 is 1.28 bits per heavy atom. The lowest BCUT2D eigenvalue weighted by molar-refractivity contribution is -0.147. The van der Waals surface area contributed by atoms with E-state index in [1.54, 1.807) is 4.90 Å². The van der Waals surface area contributed by atoms with Crippen LogP contribution in [0.4, 0.5) is 0 Å². The number of nitrogens with zero attached hydrogens (tertiary/aromatic N) is 1. The summed E-state index contributed by atoms with van der Waals surface area (Å²) in [6.45, 7) is -0.191. The smallest absolute Gasteiger partial charge is 0.323 e. The fraction of sp³-hybridized carbons (Fsp3) is 0.692. The molecule has 0 aromatic carbocycles. The summed E-state index contributed by atoms with van der Waals surface area (Å²) in [4.78, 5) is 24.8. The molecule has 2 rings (SSSR count). The lowest BCUT2D eigenvalue weighted by Gasteiger charge is -2.29. The fourth-order valence-electron chi connectivity index (χ4n) is 2.87. The molecule has 0 bridgehead atoms. The van der Waals surface area contributed by atoms with E-state index in [9.17, 15) is 9.59 Å². The number of hydrogen-bond donors (Lipinski definition) is 2. The van der Waals surface area contributed by atoms with Crippen molar-refractivity contribution in [2.75, 3.05) is 6.54 Å². The Labute approximate surface area is 107 Å². The highest BCUT2D eigenvalue weighted by atomic mass is 16.4. The molecule has 18 heavy (non-hydrogen) atoms. The number of rotatable bonds is 4. The van der Waals surface area contributed by atoms with Crippen LogP contribution in [0, 0.1) is 5.92 Å². The molecule has 1 fully saturated rings. The van der Waals surface area contributed by atoms with Crippen LogP contribution >= 0.6 is 0 Å². The number of amides is 1. The van der Waals surface area contributed by atoms with Crippen molar-refractivity contribution in [3.63, 3.8) is 0 Å². The highest BCUT2D eigenvalue weighted by molar-refractivity contribution is 5.85. The predicted molar refractivity (Wildman–Crippen MR) is 66.8 cm³/mol. The largest absolute Gasteiger partial charge is 0.480 e. The number of carbonyl (C=O) groups excluding carboxylic acids is 1. The topological polar surface area (TPSA) is 83.6 Å². The van der Waals surface area contributed by atoms with Crippen molar-refractivity contribution in [3.05, 3.63) is 12.2 Å². The van der Waals surface area contributed by atoms with Gasteiger partial charge in [0.1, 0.15) is 6.54 Å². The summed E-state index contributed by atoms with van der Waals surface area (Å²) in [5, 5.41) is 8.95. The molecule has 0 spiro atoms. The number of aliphatic carboxylic acids is 1. The summed E-state index contributed by atoms with van der Waals surface area (Å²) < 4.78 is 0. The second-order valence-corrected chi connectivity index (χ2v) is 5.19. The van der Waals surface area contributed by atoms with Gasteiger partial charge in [-0.2, -0.15) is 0 Å². The molecular formula is C13H20N2O3. The average molecular weight is 252 g/mol. The van der Waals surface area contributed by atoms with Crippen LogP contribution in [0.25, 0.3) is 0 Å². The maximum absolute atomic E-state index is 12.4. The lowest BCUT2D eigenvalue weighted by atomic mass is 10.0. The summed E-state index contributed by atoms with van der Waals surface area (Å²) in [6.07, 6.45) is 8.24. The Balaban J connectivity index is 2.05. The minimum Gasteiger partial charge on any atom is -0.480 e. The highest BCUT2D eigenvalue weighted by Gasteiger charge is 2.33. The second-order valence-electron chi connectivity index (χ2n) is 5.19. The van der Waals surface area contributed by atoms with Gasteiger partial charge >= 0.3 is 5.97 Å². The molecule has 0 heterocycles. The number of carboxylic acids is 1. The minimum absolute atomic E-state index is 0.0748. The molecule has 2 unspecified atom stereocenters. The molecule has 1 saturated carbocycles. The molecule has 0 aromatic heterocycles. The standard InChI is InChI=1S/C13H20N2O3/c14-10-6-5-9(7-10)13(18)15(8-12(16)17)11-3-1-2-4-11/h5-6,9-11H,1-4,7-8,14H2,(H,16,17). The second kappa shape index (κ2) is 5.52. The van der Waals surface area contributed by atoms with E-state index in [1.165, 1.54) is 0 Å². The molecule has 3 N–H and O–H groups in total. The molecule has 0 aromatic rings. The van der Waals surface area contributed by atoms with E-state index < -0.39 is 5.97 Å². The Morgan fingerprint density at radius 2 is 1.94 bits per heavy atom. The first kappa shape index (κ1) is 13.1. The molecule has 0 saturated heterocycles. The van der Waals surface area contributed by atoms with Crippen LogP contribution in [0.3, 0.4) is 0 Å². The fourth-order valence-corrected chi connectivity index (χ4v) is 2.87. The third-order valence-corrected chi connectivity index (χ3v) is 3.79. The zero-order chi connectivity index (χ0) is 13.1. The summed E-state index contributed by atoms with van der Waals surface area (Å²) in [5.41, 5.74) is 5.74. The van der Waals surface area contributed by atoms with Crippen LogP contribution in [-0.2, 0) is 9.59 Å². The van der Waals surface area contributed by atoms with Gasteiger partial charge in [-0.1, -0.05) is 25.0 Å². The predicted octanol–water partition coefficient (Wildman–Crippen LogP) is 0.746. The Morgan fingerprint density at radius 3 is 2.44 bits per heavy atom. The first-order valence-corrected chi connectivity index (χ1v) is 6.54. The van der Waals surface area contributed by atoms with Gasteiger partial charge in [0.2, 0.25) is 5.91 Å². The van der Waals surface area contributed by atoms with Crippen LogP contribution in [-0.4, -0.2) is 40.5 Å². The Kier molecular flexibility index (Phi) is 4.01. The van der Waals surface area contributed by atoms with Crippen molar-refractivity contribution >= 4 is 11.9 Å². The zero-order valence-corrected chi connectivity index (χ0v) is 10.4. The molecule has 1 amide bonds. The molecule has 2 aliphatic rings. The molecule has 0 radical (unpaired) electrons.